The van der Waals surface area contributed by atoms with E-state index in [0.717, 1.165) is 25.7 Å². The minimum absolute atomic E-state index is 0.0424. The predicted octanol–water partition coefficient (Wildman–Crippen LogP) is 2.73. The van der Waals surface area contributed by atoms with Crippen LogP contribution in [0.5, 0.6) is 0 Å². The molecule has 2 unspecified atom stereocenters. The fourth-order valence-corrected chi connectivity index (χ4v) is 5.47. The SMILES string of the molecule is CC(OC(=O)C1CCCN(S(=O)(=O)c2ccc(Cl)cc2)C1)C(=O)NC1CCCC1. The summed E-state index contributed by atoms with van der Waals surface area (Å²) in [4.78, 5) is 24.9. The molecule has 1 aromatic carbocycles. The number of hydrogen-bond donors (Lipinski definition) is 1. The van der Waals surface area contributed by atoms with Crippen molar-refractivity contribution in [3.63, 3.8) is 0 Å². The van der Waals surface area contributed by atoms with E-state index in [-0.39, 0.29) is 23.4 Å². The Kier molecular flexibility index (Phi) is 7.19. The molecule has 0 spiro atoms. The van der Waals surface area contributed by atoms with Crippen LogP contribution in [-0.4, -0.2) is 49.8 Å². The lowest BCUT2D eigenvalue weighted by atomic mass is 10.00. The minimum Gasteiger partial charge on any atom is -0.452 e. The maximum atomic E-state index is 12.9. The Bertz CT molecular complexity index is 837. The number of amides is 1. The molecule has 1 saturated carbocycles. The van der Waals surface area contributed by atoms with Gasteiger partial charge in [-0.15, -0.1) is 0 Å². The molecule has 29 heavy (non-hydrogen) atoms. The van der Waals surface area contributed by atoms with Gasteiger partial charge in [0.25, 0.3) is 5.91 Å². The molecular weight excluding hydrogens is 416 g/mol. The topological polar surface area (TPSA) is 92.8 Å². The van der Waals surface area contributed by atoms with Crippen LogP contribution in [-0.2, 0) is 24.3 Å². The molecular formula is C20H27ClN2O5S. The summed E-state index contributed by atoms with van der Waals surface area (Å²) in [5.41, 5.74) is 0. The smallest absolute Gasteiger partial charge is 0.311 e. The van der Waals surface area contributed by atoms with Crippen LogP contribution in [0, 0.1) is 5.92 Å². The zero-order valence-electron chi connectivity index (χ0n) is 16.5. The summed E-state index contributed by atoms with van der Waals surface area (Å²) in [7, 11) is -3.72. The summed E-state index contributed by atoms with van der Waals surface area (Å²) in [6, 6.07) is 6.10. The highest BCUT2D eigenvalue weighted by atomic mass is 35.5. The minimum atomic E-state index is -3.72. The third kappa shape index (κ3) is 5.49. The quantitative estimate of drug-likeness (QED) is 0.684. The molecule has 2 fully saturated rings. The van der Waals surface area contributed by atoms with E-state index in [1.165, 1.54) is 28.6 Å². The van der Waals surface area contributed by atoms with Gasteiger partial charge in [0.1, 0.15) is 0 Å². The highest BCUT2D eigenvalue weighted by Gasteiger charge is 2.35. The van der Waals surface area contributed by atoms with Crippen LogP contribution in [0.25, 0.3) is 0 Å². The maximum absolute atomic E-state index is 12.9. The van der Waals surface area contributed by atoms with E-state index in [1.54, 1.807) is 6.92 Å². The number of piperidine rings is 1. The number of carbonyl (C=O) groups is 2. The lowest BCUT2D eigenvalue weighted by molar-refractivity contribution is -0.160. The Morgan fingerprint density at radius 3 is 2.45 bits per heavy atom. The molecule has 1 N–H and O–H groups in total. The summed E-state index contributed by atoms with van der Waals surface area (Å²) in [6.45, 7) is 1.93. The van der Waals surface area contributed by atoms with Crippen molar-refractivity contribution in [3.05, 3.63) is 29.3 Å². The van der Waals surface area contributed by atoms with E-state index in [2.05, 4.69) is 5.32 Å². The van der Waals surface area contributed by atoms with Crippen LogP contribution in [0.3, 0.4) is 0 Å². The van der Waals surface area contributed by atoms with Gasteiger partial charge in [-0.2, -0.15) is 4.31 Å². The van der Waals surface area contributed by atoms with Crippen LogP contribution >= 0.6 is 11.6 Å². The van der Waals surface area contributed by atoms with Crippen LogP contribution < -0.4 is 5.32 Å². The molecule has 1 heterocycles. The number of sulfonamides is 1. The van der Waals surface area contributed by atoms with Gasteiger partial charge in [0, 0.05) is 24.2 Å². The van der Waals surface area contributed by atoms with Gasteiger partial charge >= 0.3 is 5.97 Å². The van der Waals surface area contributed by atoms with E-state index in [9.17, 15) is 18.0 Å². The van der Waals surface area contributed by atoms with Crippen molar-refractivity contribution in [2.24, 2.45) is 5.92 Å². The number of rotatable bonds is 6. The van der Waals surface area contributed by atoms with Gasteiger partial charge in [0.2, 0.25) is 10.0 Å². The van der Waals surface area contributed by atoms with Crippen LogP contribution in [0.2, 0.25) is 5.02 Å². The number of ether oxygens (including phenoxy) is 1. The summed E-state index contributed by atoms with van der Waals surface area (Å²) in [6.07, 6.45) is 4.28. The van der Waals surface area contributed by atoms with Gasteiger partial charge in [-0.05, 0) is 56.9 Å². The molecule has 1 aliphatic carbocycles. The van der Waals surface area contributed by atoms with E-state index in [4.69, 9.17) is 16.3 Å². The number of hydrogen-bond acceptors (Lipinski definition) is 5. The van der Waals surface area contributed by atoms with E-state index in [0.29, 0.717) is 24.4 Å². The third-order valence-electron chi connectivity index (χ3n) is 5.53. The number of nitrogens with one attached hydrogen (secondary N) is 1. The Balaban J connectivity index is 1.58. The van der Waals surface area contributed by atoms with Crippen molar-refractivity contribution in [2.45, 2.75) is 62.5 Å². The van der Waals surface area contributed by atoms with Gasteiger partial charge < -0.3 is 10.1 Å². The molecule has 7 nitrogen and oxygen atoms in total. The molecule has 0 bridgehead atoms. The summed E-state index contributed by atoms with van der Waals surface area (Å²) >= 11 is 5.84. The lowest BCUT2D eigenvalue weighted by Crippen LogP contribution is -2.45. The molecule has 2 aliphatic rings. The molecule has 9 heteroatoms. The first kappa shape index (κ1) is 22.1. The lowest BCUT2D eigenvalue weighted by Gasteiger charge is -2.31. The second-order valence-electron chi connectivity index (χ2n) is 7.73. The number of nitrogens with zero attached hydrogens (tertiary/aromatic N) is 1. The van der Waals surface area contributed by atoms with Crippen LogP contribution in [0.4, 0.5) is 0 Å². The fraction of sp³-hybridized carbons (Fsp3) is 0.600. The van der Waals surface area contributed by atoms with Gasteiger partial charge in [-0.1, -0.05) is 24.4 Å². The monoisotopic (exact) mass is 442 g/mol. The highest BCUT2D eigenvalue weighted by molar-refractivity contribution is 7.89. The highest BCUT2D eigenvalue weighted by Crippen LogP contribution is 2.26. The Morgan fingerprint density at radius 2 is 1.79 bits per heavy atom. The average molecular weight is 443 g/mol. The number of halogens is 1. The molecule has 160 valence electrons. The zero-order chi connectivity index (χ0) is 21.0. The van der Waals surface area contributed by atoms with Gasteiger partial charge in [0.15, 0.2) is 6.10 Å². The molecule has 1 aliphatic heterocycles. The summed E-state index contributed by atoms with van der Waals surface area (Å²) in [5.74, 6) is -1.42. The first-order chi connectivity index (χ1) is 13.8. The molecule has 0 radical (unpaired) electrons. The summed E-state index contributed by atoms with van der Waals surface area (Å²) in [5, 5.41) is 3.37. The normalized spacial score (nSPS) is 22.2. The van der Waals surface area contributed by atoms with Gasteiger partial charge in [-0.25, -0.2) is 8.42 Å². The largest absolute Gasteiger partial charge is 0.452 e. The molecule has 3 rings (SSSR count). The Labute approximate surface area is 176 Å². The first-order valence-corrected chi connectivity index (χ1v) is 11.9. The maximum Gasteiger partial charge on any atom is 0.311 e. The number of carbonyl (C=O) groups excluding carboxylic acids is 2. The van der Waals surface area contributed by atoms with Crippen molar-refractivity contribution in [1.82, 2.24) is 9.62 Å². The van der Waals surface area contributed by atoms with Crippen molar-refractivity contribution >= 4 is 33.5 Å². The predicted molar refractivity (Wildman–Crippen MR) is 109 cm³/mol. The van der Waals surface area contributed by atoms with Gasteiger partial charge in [0.05, 0.1) is 10.8 Å². The third-order valence-corrected chi connectivity index (χ3v) is 7.66. The Morgan fingerprint density at radius 1 is 1.14 bits per heavy atom. The van der Waals surface area contributed by atoms with Crippen molar-refractivity contribution in [2.75, 3.05) is 13.1 Å². The summed E-state index contributed by atoms with van der Waals surface area (Å²) < 4.78 is 32.4. The molecule has 1 amide bonds. The van der Waals surface area contributed by atoms with Gasteiger partial charge in [-0.3, -0.25) is 9.59 Å². The number of benzene rings is 1. The van der Waals surface area contributed by atoms with Crippen LogP contribution in [0.15, 0.2) is 29.2 Å². The zero-order valence-corrected chi connectivity index (χ0v) is 18.0. The first-order valence-electron chi connectivity index (χ1n) is 10.0. The van der Waals surface area contributed by atoms with Crippen molar-refractivity contribution in [3.8, 4) is 0 Å². The average Bonchev–Trinajstić information content (AvgIpc) is 3.21. The van der Waals surface area contributed by atoms with E-state index >= 15 is 0 Å². The van der Waals surface area contributed by atoms with E-state index in [1.807, 2.05) is 0 Å². The second-order valence-corrected chi connectivity index (χ2v) is 10.1. The molecule has 1 saturated heterocycles. The number of esters is 1. The van der Waals surface area contributed by atoms with Crippen molar-refractivity contribution in [1.29, 1.82) is 0 Å². The molecule has 1 aromatic rings. The molecule has 0 aromatic heterocycles. The second kappa shape index (κ2) is 9.45. The molecule has 2 atom stereocenters. The van der Waals surface area contributed by atoms with E-state index < -0.39 is 28.0 Å². The Hall–Kier alpha value is -1.64. The van der Waals surface area contributed by atoms with Crippen molar-refractivity contribution < 1.29 is 22.7 Å². The van der Waals surface area contributed by atoms with Crippen LogP contribution in [0.1, 0.15) is 45.4 Å². The standard InChI is InChI=1S/C20H27ClN2O5S/c1-14(19(24)22-17-6-2-3-7-17)28-20(25)15-5-4-12-23(13-15)29(26,27)18-10-8-16(21)9-11-18/h8-11,14-15,17H,2-7,12-13H2,1H3,(H,22,24). The fourth-order valence-electron chi connectivity index (χ4n) is 3.82.